The Balaban J connectivity index is 0. The molecule has 5 heteroatoms. The topological polar surface area (TPSA) is 72.8 Å². The van der Waals surface area contributed by atoms with Crippen molar-refractivity contribution in [1.29, 1.82) is 0 Å². The Hall–Kier alpha value is -1.62. The van der Waals surface area contributed by atoms with Crippen LogP contribution in [-0.2, 0) is 19.1 Å². The van der Waals surface area contributed by atoms with Gasteiger partial charge < -0.3 is 14.6 Å². The lowest BCUT2D eigenvalue weighted by molar-refractivity contribution is -0.140. The molecule has 0 aliphatic carbocycles. The van der Waals surface area contributed by atoms with Crippen LogP contribution in [0.2, 0.25) is 0 Å². The number of hydrogen-bond donors (Lipinski definition) is 1. The van der Waals surface area contributed by atoms with Gasteiger partial charge in [-0.2, -0.15) is 0 Å². The first-order chi connectivity index (χ1) is 13.4. The number of esters is 2. The molecular weight excluding hydrogens is 356 g/mol. The van der Waals surface area contributed by atoms with Gasteiger partial charge >= 0.3 is 11.9 Å². The molecule has 0 aromatic heterocycles. The average molecular weight is 399 g/mol. The fourth-order valence-electron chi connectivity index (χ4n) is 2.23. The maximum Gasteiger partial charge on any atom is 0.333 e. The minimum Gasteiger partial charge on any atom is -0.462 e. The molecule has 0 unspecified atom stereocenters. The number of aliphatic hydroxyl groups is 1. The molecule has 0 radical (unpaired) electrons. The predicted molar refractivity (Wildman–Crippen MR) is 115 cm³/mol. The highest BCUT2D eigenvalue weighted by Crippen LogP contribution is 2.10. The maximum absolute atomic E-state index is 11.1. The van der Waals surface area contributed by atoms with Gasteiger partial charge in [-0.3, -0.25) is 0 Å². The molecule has 0 heterocycles. The summed E-state index contributed by atoms with van der Waals surface area (Å²) in [5.41, 5.74) is 0.875. The highest BCUT2D eigenvalue weighted by Gasteiger charge is 2.02. The monoisotopic (exact) mass is 398 g/mol. The molecule has 28 heavy (non-hydrogen) atoms. The van der Waals surface area contributed by atoms with E-state index in [-0.39, 0.29) is 19.2 Å². The van der Waals surface area contributed by atoms with E-state index in [0.717, 1.165) is 6.42 Å². The molecule has 1 N–H and O–H groups in total. The number of unbranched alkanes of at least 4 members (excludes halogenated alkanes) is 9. The Morgan fingerprint density at radius 1 is 0.679 bits per heavy atom. The second-order valence-corrected chi connectivity index (χ2v) is 7.09. The van der Waals surface area contributed by atoms with E-state index in [4.69, 9.17) is 9.84 Å². The lowest BCUT2D eigenvalue weighted by atomic mass is 10.1. The average Bonchev–Trinajstić information content (AvgIpc) is 2.66. The van der Waals surface area contributed by atoms with E-state index in [9.17, 15) is 9.59 Å². The van der Waals surface area contributed by atoms with Crippen LogP contribution in [0.3, 0.4) is 0 Å². The molecule has 0 atom stereocenters. The fourth-order valence-corrected chi connectivity index (χ4v) is 2.23. The van der Waals surface area contributed by atoms with E-state index < -0.39 is 5.97 Å². The molecule has 0 amide bonds. The molecule has 0 bridgehead atoms. The van der Waals surface area contributed by atoms with Crippen LogP contribution in [0, 0.1) is 0 Å². The van der Waals surface area contributed by atoms with E-state index in [2.05, 4.69) is 24.8 Å². The summed E-state index contributed by atoms with van der Waals surface area (Å²) in [5, 5.41) is 8.30. The van der Waals surface area contributed by atoms with Crippen molar-refractivity contribution >= 4 is 11.9 Å². The summed E-state index contributed by atoms with van der Waals surface area (Å²) in [4.78, 5) is 21.7. The minimum atomic E-state index is -0.395. The second-order valence-electron chi connectivity index (χ2n) is 7.09. The first-order valence-electron chi connectivity index (χ1n) is 10.6. The standard InChI is InChI=1S/C16H30O2.C7H12O3/c1-4-5-6-7-8-9-10-11-12-13-14-18-16(17)15(2)3;1-6(2)7(9)10-5-3-4-8/h2,4-14H2,1,3H3;8H,1,3-5H2,2H3. The quantitative estimate of drug-likeness (QED) is 0.211. The van der Waals surface area contributed by atoms with Crippen molar-refractivity contribution in [2.75, 3.05) is 19.8 Å². The van der Waals surface area contributed by atoms with Crippen LogP contribution in [0.4, 0.5) is 0 Å². The summed E-state index contributed by atoms with van der Waals surface area (Å²) < 4.78 is 9.68. The van der Waals surface area contributed by atoms with Crippen molar-refractivity contribution < 1.29 is 24.2 Å². The first-order valence-corrected chi connectivity index (χ1v) is 10.6. The van der Waals surface area contributed by atoms with Crippen LogP contribution in [0.25, 0.3) is 0 Å². The van der Waals surface area contributed by atoms with E-state index in [0.29, 0.717) is 24.2 Å². The lowest BCUT2D eigenvalue weighted by Gasteiger charge is -2.04. The summed E-state index contributed by atoms with van der Waals surface area (Å²) in [6.45, 7) is 13.3. The van der Waals surface area contributed by atoms with Crippen LogP contribution in [0.1, 0.15) is 91.4 Å². The van der Waals surface area contributed by atoms with Crippen molar-refractivity contribution in [3.63, 3.8) is 0 Å². The Kier molecular flexibility index (Phi) is 22.1. The first kappa shape index (κ1) is 28.6. The molecule has 0 fully saturated rings. The zero-order chi connectivity index (χ0) is 21.6. The van der Waals surface area contributed by atoms with Crippen LogP contribution in [0.15, 0.2) is 24.3 Å². The molecular formula is C23H42O5. The fraction of sp³-hybridized carbons (Fsp3) is 0.739. The van der Waals surface area contributed by atoms with Gasteiger partial charge in [0.1, 0.15) is 0 Å². The summed E-state index contributed by atoms with van der Waals surface area (Å²) in [5.74, 6) is -0.653. The van der Waals surface area contributed by atoms with Crippen LogP contribution < -0.4 is 0 Å². The van der Waals surface area contributed by atoms with E-state index in [1.165, 1.54) is 57.8 Å². The zero-order valence-electron chi connectivity index (χ0n) is 18.4. The smallest absolute Gasteiger partial charge is 0.333 e. The molecule has 164 valence electrons. The number of ether oxygens (including phenoxy) is 2. The van der Waals surface area contributed by atoms with Crippen molar-refractivity contribution in [3.05, 3.63) is 24.3 Å². The van der Waals surface area contributed by atoms with Gasteiger partial charge in [0.05, 0.1) is 13.2 Å². The summed E-state index contributed by atoms with van der Waals surface area (Å²) in [7, 11) is 0. The molecule has 0 spiro atoms. The molecule has 0 aliphatic heterocycles. The van der Waals surface area contributed by atoms with Gasteiger partial charge in [-0.05, 0) is 20.3 Å². The van der Waals surface area contributed by atoms with Gasteiger partial charge in [0.25, 0.3) is 0 Å². The highest BCUT2D eigenvalue weighted by molar-refractivity contribution is 5.87. The van der Waals surface area contributed by atoms with Gasteiger partial charge in [0.2, 0.25) is 0 Å². The summed E-state index contributed by atoms with van der Waals surface area (Å²) >= 11 is 0. The van der Waals surface area contributed by atoms with Gasteiger partial charge in [-0.15, -0.1) is 0 Å². The predicted octanol–water partition coefficient (Wildman–Crippen LogP) is 5.51. The van der Waals surface area contributed by atoms with E-state index >= 15 is 0 Å². The van der Waals surface area contributed by atoms with E-state index in [1.807, 2.05) is 0 Å². The molecule has 0 aromatic carbocycles. The van der Waals surface area contributed by atoms with Crippen LogP contribution in [0.5, 0.6) is 0 Å². The van der Waals surface area contributed by atoms with Gasteiger partial charge in [-0.25, -0.2) is 9.59 Å². The number of carbonyl (C=O) groups is 2. The zero-order valence-corrected chi connectivity index (χ0v) is 18.4. The Bertz CT molecular complexity index is 429. The molecule has 5 nitrogen and oxygen atoms in total. The van der Waals surface area contributed by atoms with Crippen molar-refractivity contribution in [1.82, 2.24) is 0 Å². The van der Waals surface area contributed by atoms with Crippen LogP contribution >= 0.6 is 0 Å². The third kappa shape index (κ3) is 22.4. The normalized spacial score (nSPS) is 9.86. The van der Waals surface area contributed by atoms with Gasteiger partial charge in [-0.1, -0.05) is 77.9 Å². The number of carbonyl (C=O) groups excluding carboxylic acids is 2. The highest BCUT2D eigenvalue weighted by atomic mass is 16.5. The Morgan fingerprint density at radius 3 is 1.39 bits per heavy atom. The number of hydrogen-bond acceptors (Lipinski definition) is 5. The molecule has 0 aliphatic rings. The maximum atomic E-state index is 11.1. The van der Waals surface area contributed by atoms with Gasteiger partial charge in [0, 0.05) is 24.2 Å². The van der Waals surface area contributed by atoms with Gasteiger partial charge in [0.15, 0.2) is 0 Å². The largest absolute Gasteiger partial charge is 0.462 e. The lowest BCUT2D eigenvalue weighted by Crippen LogP contribution is -2.06. The summed E-state index contributed by atoms with van der Waals surface area (Å²) in [6, 6.07) is 0. The molecule has 0 saturated heterocycles. The van der Waals surface area contributed by atoms with Crippen molar-refractivity contribution in [3.8, 4) is 0 Å². The number of rotatable bonds is 16. The molecule has 0 rings (SSSR count). The molecule has 0 aromatic rings. The second kappa shape index (κ2) is 21.7. The SMILES string of the molecule is C=C(C)C(=O)OCCCCCCCCCCCC.C=C(C)C(=O)OCCCO. The third-order valence-electron chi connectivity index (χ3n) is 3.96. The Labute approximate surface area is 172 Å². The van der Waals surface area contributed by atoms with E-state index in [1.54, 1.807) is 13.8 Å². The Morgan fingerprint density at radius 2 is 1.04 bits per heavy atom. The van der Waals surface area contributed by atoms with Crippen molar-refractivity contribution in [2.24, 2.45) is 0 Å². The summed E-state index contributed by atoms with van der Waals surface area (Å²) in [6.07, 6.45) is 13.4. The minimum absolute atomic E-state index is 0.0451. The van der Waals surface area contributed by atoms with Crippen LogP contribution in [-0.4, -0.2) is 36.9 Å². The third-order valence-corrected chi connectivity index (χ3v) is 3.96. The number of aliphatic hydroxyl groups excluding tert-OH is 1. The molecule has 0 saturated carbocycles. The van der Waals surface area contributed by atoms with Crippen molar-refractivity contribution in [2.45, 2.75) is 91.4 Å².